The number of carbonyl (C=O) groups excluding carboxylic acids is 1. The fraction of sp³-hybridized carbons (Fsp3) is 0.250. The predicted molar refractivity (Wildman–Crippen MR) is 128 cm³/mol. The minimum atomic E-state index is -0.499. The van der Waals surface area contributed by atoms with E-state index in [1.807, 2.05) is 31.2 Å². The third kappa shape index (κ3) is 4.22. The second-order valence-corrected chi connectivity index (χ2v) is 7.97. The number of carbonyl (C=O) groups is 1. The van der Waals surface area contributed by atoms with E-state index in [2.05, 4.69) is 37.6 Å². The van der Waals surface area contributed by atoms with E-state index in [9.17, 15) is 4.79 Å². The van der Waals surface area contributed by atoms with Gasteiger partial charge in [-0.25, -0.2) is 15.0 Å². The van der Waals surface area contributed by atoms with Crippen molar-refractivity contribution in [2.75, 3.05) is 42.3 Å². The van der Waals surface area contributed by atoms with E-state index in [1.54, 1.807) is 12.4 Å². The highest BCUT2D eigenvalue weighted by molar-refractivity contribution is 5.79. The molecule has 33 heavy (non-hydrogen) atoms. The summed E-state index contributed by atoms with van der Waals surface area (Å²) >= 11 is 0. The Hall–Kier alpha value is -3.98. The summed E-state index contributed by atoms with van der Waals surface area (Å²) in [6, 6.07) is 9.60. The van der Waals surface area contributed by atoms with E-state index in [1.165, 1.54) is 0 Å². The van der Waals surface area contributed by atoms with E-state index < -0.39 is 6.04 Å². The summed E-state index contributed by atoms with van der Waals surface area (Å²) in [5.41, 5.74) is 11.4. The third-order valence-electron chi connectivity index (χ3n) is 5.83. The van der Waals surface area contributed by atoms with Crippen LogP contribution in [0, 0.1) is 6.92 Å². The van der Waals surface area contributed by atoms with Crippen LogP contribution in [0.2, 0.25) is 0 Å². The van der Waals surface area contributed by atoms with Crippen LogP contribution >= 0.6 is 0 Å². The number of fused-ring (bicyclic) bond motifs is 1. The fourth-order valence-electron chi connectivity index (χ4n) is 4.03. The zero-order valence-corrected chi connectivity index (χ0v) is 18.3. The van der Waals surface area contributed by atoms with Crippen LogP contribution in [0.3, 0.4) is 0 Å². The Balaban J connectivity index is 1.51. The van der Waals surface area contributed by atoms with Gasteiger partial charge >= 0.3 is 0 Å². The van der Waals surface area contributed by atoms with E-state index in [-0.39, 0.29) is 0 Å². The van der Waals surface area contributed by atoms with Crippen molar-refractivity contribution >= 4 is 35.4 Å². The van der Waals surface area contributed by atoms with Crippen LogP contribution in [0.4, 0.5) is 23.0 Å². The van der Waals surface area contributed by atoms with E-state index in [4.69, 9.17) is 15.5 Å². The van der Waals surface area contributed by atoms with Gasteiger partial charge in [0.2, 0.25) is 0 Å². The van der Waals surface area contributed by atoms with Crippen LogP contribution in [0.1, 0.15) is 22.9 Å². The molecule has 4 N–H and O–H groups in total. The van der Waals surface area contributed by atoms with E-state index in [0.717, 1.165) is 55.1 Å². The lowest BCUT2D eigenvalue weighted by Gasteiger charge is -2.29. The number of hydrogen-bond donors (Lipinski definition) is 3. The number of nitrogens with zero attached hydrogens (tertiary/aromatic N) is 4. The summed E-state index contributed by atoms with van der Waals surface area (Å²) < 4.78 is 5.44. The average Bonchev–Trinajstić information content (AvgIpc) is 2.86. The molecule has 168 valence electrons. The minimum Gasteiger partial charge on any atom is -0.382 e. The van der Waals surface area contributed by atoms with E-state index >= 15 is 0 Å². The Labute approximate surface area is 191 Å². The summed E-state index contributed by atoms with van der Waals surface area (Å²) in [5, 5.41) is 6.49. The molecule has 0 amide bonds. The van der Waals surface area contributed by atoms with Crippen molar-refractivity contribution in [3.05, 3.63) is 59.5 Å². The van der Waals surface area contributed by atoms with Gasteiger partial charge in [-0.1, -0.05) is 0 Å². The molecule has 0 spiro atoms. The molecule has 5 rings (SSSR count). The van der Waals surface area contributed by atoms with Crippen molar-refractivity contribution in [3.63, 3.8) is 0 Å². The van der Waals surface area contributed by atoms with E-state index in [0.29, 0.717) is 28.7 Å². The summed E-state index contributed by atoms with van der Waals surface area (Å²) in [6.07, 6.45) is 6.18. The minimum absolute atomic E-state index is 0.389. The second-order valence-electron chi connectivity index (χ2n) is 7.97. The quantitative estimate of drug-likeness (QED) is 0.512. The topological polar surface area (TPSA) is 118 Å². The van der Waals surface area contributed by atoms with Gasteiger partial charge in [0.1, 0.15) is 29.7 Å². The number of pyridine rings is 1. The molecule has 1 unspecified atom stereocenters. The van der Waals surface area contributed by atoms with Gasteiger partial charge in [0.25, 0.3) is 0 Å². The van der Waals surface area contributed by atoms with Gasteiger partial charge < -0.3 is 30.8 Å². The summed E-state index contributed by atoms with van der Waals surface area (Å²) in [5.74, 6) is 0.979. The van der Waals surface area contributed by atoms with Gasteiger partial charge in [-0.15, -0.1) is 0 Å². The Morgan fingerprint density at radius 2 is 1.97 bits per heavy atom. The lowest BCUT2D eigenvalue weighted by Crippen LogP contribution is -2.36. The first kappa shape index (κ1) is 20.9. The number of rotatable bonds is 5. The molecule has 1 fully saturated rings. The zero-order chi connectivity index (χ0) is 22.8. The molecule has 1 saturated heterocycles. The summed E-state index contributed by atoms with van der Waals surface area (Å²) in [4.78, 5) is 27.7. The van der Waals surface area contributed by atoms with Crippen molar-refractivity contribution in [2.45, 2.75) is 13.0 Å². The molecule has 9 heteroatoms. The fourth-order valence-corrected chi connectivity index (χ4v) is 4.03. The van der Waals surface area contributed by atoms with Gasteiger partial charge in [-0.3, -0.25) is 0 Å². The number of benzene rings is 1. The maximum atomic E-state index is 11.8. The van der Waals surface area contributed by atoms with Crippen molar-refractivity contribution < 1.29 is 9.53 Å². The van der Waals surface area contributed by atoms with Crippen molar-refractivity contribution in [1.29, 1.82) is 0 Å². The standard InChI is InChI=1S/C24H25N7O2/c1-15-23(25)27-13-20(28-15)19-12-16-6-7-26-21(14-32)22(16)24(30-19)29-17-2-4-18(5-3-17)31-8-10-33-11-9-31/h2-7,12-14,21,26H,8-11H2,1H3,(H2,25,27)(H,29,30). The first-order chi connectivity index (χ1) is 16.1. The molecule has 1 aromatic carbocycles. The van der Waals surface area contributed by atoms with Gasteiger partial charge in [0.05, 0.1) is 30.8 Å². The lowest BCUT2D eigenvalue weighted by molar-refractivity contribution is -0.109. The number of aromatic nitrogens is 3. The maximum Gasteiger partial charge on any atom is 0.146 e. The molecule has 2 aromatic heterocycles. The van der Waals surface area contributed by atoms with Crippen LogP contribution in [0.25, 0.3) is 17.5 Å². The van der Waals surface area contributed by atoms with Crippen molar-refractivity contribution in [2.24, 2.45) is 0 Å². The highest BCUT2D eigenvalue weighted by Crippen LogP contribution is 2.34. The van der Waals surface area contributed by atoms with Gasteiger partial charge in [0, 0.05) is 30.0 Å². The lowest BCUT2D eigenvalue weighted by atomic mass is 9.98. The predicted octanol–water partition coefficient (Wildman–Crippen LogP) is 2.82. The molecule has 2 aliphatic heterocycles. The van der Waals surface area contributed by atoms with Crippen LogP contribution < -0.4 is 21.3 Å². The Morgan fingerprint density at radius 1 is 1.18 bits per heavy atom. The second kappa shape index (κ2) is 8.87. The number of nitrogens with two attached hydrogens (primary N) is 1. The molecule has 0 bridgehead atoms. The van der Waals surface area contributed by atoms with Crippen LogP contribution in [-0.2, 0) is 9.53 Å². The number of ether oxygens (including phenoxy) is 1. The number of anilines is 4. The van der Waals surface area contributed by atoms with Crippen LogP contribution in [0.5, 0.6) is 0 Å². The van der Waals surface area contributed by atoms with Gasteiger partial charge in [0.15, 0.2) is 0 Å². The first-order valence-electron chi connectivity index (χ1n) is 10.8. The molecule has 0 radical (unpaired) electrons. The molecule has 0 saturated carbocycles. The number of hydrogen-bond acceptors (Lipinski definition) is 9. The number of nitrogens with one attached hydrogen (secondary N) is 2. The highest BCUT2D eigenvalue weighted by Gasteiger charge is 2.23. The molecule has 2 aliphatic rings. The number of aryl methyl sites for hydroxylation is 1. The van der Waals surface area contributed by atoms with Gasteiger partial charge in [-0.05, 0) is 55.1 Å². The number of nitrogen functional groups attached to an aromatic ring is 1. The first-order valence-corrected chi connectivity index (χ1v) is 10.8. The third-order valence-corrected chi connectivity index (χ3v) is 5.83. The number of morpholine rings is 1. The molecular weight excluding hydrogens is 418 g/mol. The van der Waals surface area contributed by atoms with Crippen LogP contribution in [-0.4, -0.2) is 47.5 Å². The molecular formula is C24H25N7O2. The SMILES string of the molecule is Cc1nc(-c2cc3c(c(Nc4ccc(N5CCOCC5)cc4)n2)C(C=O)NC=C3)cnc1N. The van der Waals surface area contributed by atoms with Gasteiger partial charge in [-0.2, -0.15) is 0 Å². The smallest absolute Gasteiger partial charge is 0.146 e. The maximum absolute atomic E-state index is 11.8. The molecule has 3 aromatic rings. The normalized spacial score (nSPS) is 17.2. The average molecular weight is 444 g/mol. The Bertz CT molecular complexity index is 1200. The van der Waals surface area contributed by atoms with Crippen molar-refractivity contribution in [1.82, 2.24) is 20.3 Å². The summed E-state index contributed by atoms with van der Waals surface area (Å²) in [7, 11) is 0. The number of aldehydes is 1. The van der Waals surface area contributed by atoms with Crippen molar-refractivity contribution in [3.8, 4) is 11.4 Å². The van der Waals surface area contributed by atoms with Crippen LogP contribution in [0.15, 0.2) is 42.7 Å². The molecule has 4 heterocycles. The Kier molecular flexibility index (Phi) is 5.62. The largest absolute Gasteiger partial charge is 0.382 e. The summed E-state index contributed by atoms with van der Waals surface area (Å²) in [6.45, 7) is 5.05. The molecule has 0 aliphatic carbocycles. The zero-order valence-electron chi connectivity index (χ0n) is 18.3. The highest BCUT2D eigenvalue weighted by atomic mass is 16.5. The Morgan fingerprint density at radius 3 is 2.70 bits per heavy atom. The molecule has 1 atom stereocenters. The monoisotopic (exact) mass is 443 g/mol. The molecule has 9 nitrogen and oxygen atoms in total.